The van der Waals surface area contributed by atoms with Crippen molar-refractivity contribution in [3.8, 4) is 0 Å². The molecular weight excluding hydrogens is 190 g/mol. The van der Waals surface area contributed by atoms with Gasteiger partial charge in [0.05, 0.1) is 5.92 Å². The molecule has 0 radical (unpaired) electrons. The number of amides is 1. The van der Waals surface area contributed by atoms with Gasteiger partial charge in [0.15, 0.2) is 0 Å². The highest BCUT2D eigenvalue weighted by molar-refractivity contribution is 5.78. The summed E-state index contributed by atoms with van der Waals surface area (Å²) >= 11 is 0. The summed E-state index contributed by atoms with van der Waals surface area (Å²) in [6.45, 7) is 7.55. The number of nitrogens with one attached hydrogen (secondary N) is 1. The van der Waals surface area contributed by atoms with Gasteiger partial charge < -0.3 is 16.0 Å². The Labute approximate surface area is 93.2 Å². The minimum atomic E-state index is 0.168. The second-order valence-electron chi connectivity index (χ2n) is 3.54. The summed E-state index contributed by atoms with van der Waals surface area (Å²) in [7, 11) is 1.70. The zero-order chi connectivity index (χ0) is 11.7. The Bertz CT molecular complexity index is 171. The molecule has 1 atom stereocenters. The molecule has 3 N–H and O–H groups in total. The van der Waals surface area contributed by atoms with Crippen molar-refractivity contribution in [1.82, 2.24) is 10.2 Å². The van der Waals surface area contributed by atoms with Crippen molar-refractivity contribution in [2.75, 3.05) is 33.2 Å². The van der Waals surface area contributed by atoms with E-state index in [1.165, 1.54) is 0 Å². The first-order chi connectivity index (χ1) is 7.27. The van der Waals surface area contributed by atoms with Crippen molar-refractivity contribution in [2.24, 2.45) is 11.7 Å². The van der Waals surface area contributed by atoms with Crippen LogP contribution >= 0.6 is 0 Å². The molecule has 1 aliphatic rings. The van der Waals surface area contributed by atoms with Gasteiger partial charge in [-0.25, -0.2) is 0 Å². The van der Waals surface area contributed by atoms with Gasteiger partial charge in [0.1, 0.15) is 0 Å². The number of rotatable bonds is 3. The lowest BCUT2D eigenvalue weighted by molar-refractivity contribution is -0.126. The van der Waals surface area contributed by atoms with Crippen LogP contribution in [0.15, 0.2) is 0 Å². The smallest absolute Gasteiger partial charge is 0.224 e. The molecule has 1 saturated heterocycles. The highest BCUT2D eigenvalue weighted by Crippen LogP contribution is 2.15. The molecule has 0 aliphatic carbocycles. The molecule has 1 fully saturated rings. The first-order valence-corrected chi connectivity index (χ1v) is 5.92. The molecule has 4 heteroatoms. The molecule has 0 aromatic carbocycles. The molecule has 90 valence electrons. The number of likely N-dealkylation sites (tertiary alicyclic amines) is 1. The topological polar surface area (TPSA) is 58.4 Å². The Kier molecular flexibility index (Phi) is 8.33. The van der Waals surface area contributed by atoms with Crippen LogP contribution in [0.3, 0.4) is 0 Å². The second-order valence-corrected chi connectivity index (χ2v) is 3.54. The fraction of sp³-hybridized carbons (Fsp3) is 0.909. The van der Waals surface area contributed by atoms with Crippen molar-refractivity contribution >= 4 is 5.91 Å². The van der Waals surface area contributed by atoms with Gasteiger partial charge in [-0.2, -0.15) is 0 Å². The number of carbonyl (C=O) groups excluding carboxylic acids is 1. The third-order valence-corrected chi connectivity index (χ3v) is 2.57. The summed E-state index contributed by atoms with van der Waals surface area (Å²) in [6.07, 6.45) is 2.12. The van der Waals surface area contributed by atoms with E-state index in [-0.39, 0.29) is 11.8 Å². The lowest BCUT2D eigenvalue weighted by atomic mass is 9.97. The molecule has 0 aromatic heterocycles. The largest absolute Gasteiger partial charge is 0.359 e. The molecule has 0 spiro atoms. The molecule has 1 amide bonds. The van der Waals surface area contributed by atoms with Crippen LogP contribution in [0.4, 0.5) is 0 Å². The molecular formula is C11H25N3O. The maximum absolute atomic E-state index is 11.3. The van der Waals surface area contributed by atoms with Crippen molar-refractivity contribution in [3.05, 3.63) is 0 Å². The Morgan fingerprint density at radius 3 is 2.73 bits per heavy atom. The van der Waals surface area contributed by atoms with Crippen LogP contribution in [-0.4, -0.2) is 44.0 Å². The third-order valence-electron chi connectivity index (χ3n) is 2.57. The number of carbonyl (C=O) groups is 1. The summed E-state index contributed by atoms with van der Waals surface area (Å²) in [5.74, 6) is 0.340. The number of piperidine rings is 1. The molecule has 1 rings (SSSR count). The van der Waals surface area contributed by atoms with Crippen molar-refractivity contribution < 1.29 is 4.79 Å². The number of nitrogens with two attached hydrogens (primary N) is 1. The molecule has 1 heterocycles. The van der Waals surface area contributed by atoms with Gasteiger partial charge in [0.2, 0.25) is 5.91 Å². The standard InChI is InChI=1S/C9H19N3O.C2H6/c1-11-9(13)8-3-2-5-12(7-8)6-4-10;1-2/h8H,2-7,10H2,1H3,(H,11,13);1-2H3. The van der Waals surface area contributed by atoms with Gasteiger partial charge in [-0.05, 0) is 19.4 Å². The zero-order valence-electron chi connectivity index (χ0n) is 10.3. The highest BCUT2D eigenvalue weighted by atomic mass is 16.1. The molecule has 0 saturated carbocycles. The van der Waals surface area contributed by atoms with Gasteiger partial charge in [-0.3, -0.25) is 4.79 Å². The quantitative estimate of drug-likeness (QED) is 0.718. The van der Waals surface area contributed by atoms with E-state index in [4.69, 9.17) is 5.73 Å². The maximum Gasteiger partial charge on any atom is 0.224 e. The summed E-state index contributed by atoms with van der Waals surface area (Å²) in [4.78, 5) is 13.6. The minimum Gasteiger partial charge on any atom is -0.359 e. The number of hydrogen-bond donors (Lipinski definition) is 2. The van der Waals surface area contributed by atoms with Crippen LogP contribution in [0.5, 0.6) is 0 Å². The van der Waals surface area contributed by atoms with E-state index in [1.807, 2.05) is 13.8 Å². The average Bonchev–Trinajstić information content (AvgIpc) is 2.31. The van der Waals surface area contributed by atoms with Crippen LogP contribution in [0.1, 0.15) is 26.7 Å². The van der Waals surface area contributed by atoms with Gasteiger partial charge in [0.25, 0.3) is 0 Å². The average molecular weight is 215 g/mol. The van der Waals surface area contributed by atoms with Crippen LogP contribution < -0.4 is 11.1 Å². The van der Waals surface area contributed by atoms with Crippen molar-refractivity contribution in [3.63, 3.8) is 0 Å². The predicted molar refractivity (Wildman–Crippen MR) is 63.6 cm³/mol. The lowest BCUT2D eigenvalue weighted by Crippen LogP contribution is -2.43. The SMILES string of the molecule is CC.CNC(=O)C1CCCN(CCN)C1. The predicted octanol–water partition coefficient (Wildman–Crippen LogP) is 0.429. The Balaban J connectivity index is 0.000000921. The zero-order valence-corrected chi connectivity index (χ0v) is 10.3. The van der Waals surface area contributed by atoms with E-state index < -0.39 is 0 Å². The van der Waals surface area contributed by atoms with Crippen LogP contribution in [0.25, 0.3) is 0 Å². The fourth-order valence-electron chi connectivity index (χ4n) is 1.86. The van der Waals surface area contributed by atoms with E-state index in [1.54, 1.807) is 7.05 Å². The first kappa shape index (κ1) is 14.4. The number of hydrogen-bond acceptors (Lipinski definition) is 3. The Morgan fingerprint density at radius 1 is 1.53 bits per heavy atom. The molecule has 0 aromatic rings. The first-order valence-electron chi connectivity index (χ1n) is 5.92. The highest BCUT2D eigenvalue weighted by Gasteiger charge is 2.24. The van der Waals surface area contributed by atoms with Gasteiger partial charge >= 0.3 is 0 Å². The Hall–Kier alpha value is -0.610. The summed E-state index contributed by atoms with van der Waals surface area (Å²) in [6, 6.07) is 0. The molecule has 0 bridgehead atoms. The fourth-order valence-corrected chi connectivity index (χ4v) is 1.86. The molecule has 1 unspecified atom stereocenters. The van der Waals surface area contributed by atoms with E-state index in [2.05, 4.69) is 10.2 Å². The maximum atomic E-state index is 11.3. The Morgan fingerprint density at radius 2 is 2.20 bits per heavy atom. The van der Waals surface area contributed by atoms with E-state index in [0.29, 0.717) is 6.54 Å². The van der Waals surface area contributed by atoms with Crippen LogP contribution in [0, 0.1) is 5.92 Å². The second kappa shape index (κ2) is 8.68. The van der Waals surface area contributed by atoms with E-state index >= 15 is 0 Å². The van der Waals surface area contributed by atoms with E-state index in [9.17, 15) is 4.79 Å². The summed E-state index contributed by atoms with van der Waals surface area (Å²) in [5, 5.41) is 2.70. The van der Waals surface area contributed by atoms with Crippen LogP contribution in [-0.2, 0) is 4.79 Å². The minimum absolute atomic E-state index is 0.168. The van der Waals surface area contributed by atoms with E-state index in [0.717, 1.165) is 32.5 Å². The van der Waals surface area contributed by atoms with Crippen LogP contribution in [0.2, 0.25) is 0 Å². The number of nitrogens with zero attached hydrogens (tertiary/aromatic N) is 1. The lowest BCUT2D eigenvalue weighted by Gasteiger charge is -2.31. The van der Waals surface area contributed by atoms with Gasteiger partial charge in [-0.1, -0.05) is 13.8 Å². The summed E-state index contributed by atoms with van der Waals surface area (Å²) in [5.41, 5.74) is 5.47. The third kappa shape index (κ3) is 5.14. The van der Waals surface area contributed by atoms with Gasteiger partial charge in [0, 0.05) is 26.7 Å². The van der Waals surface area contributed by atoms with Crippen molar-refractivity contribution in [1.29, 1.82) is 0 Å². The molecule has 1 aliphatic heterocycles. The van der Waals surface area contributed by atoms with Gasteiger partial charge in [-0.15, -0.1) is 0 Å². The summed E-state index contributed by atoms with van der Waals surface area (Å²) < 4.78 is 0. The molecule has 15 heavy (non-hydrogen) atoms. The monoisotopic (exact) mass is 215 g/mol. The normalized spacial score (nSPS) is 21.5. The molecule has 4 nitrogen and oxygen atoms in total. The van der Waals surface area contributed by atoms with Crippen molar-refractivity contribution in [2.45, 2.75) is 26.7 Å².